The SMILES string of the molecule is Cc1cc(C)c(C(=O)OCC(=O)NCCCc2ccccc2)c(C)c1. The molecule has 2 aromatic rings. The molecule has 0 saturated heterocycles. The van der Waals surface area contributed by atoms with Gasteiger partial charge in [0.05, 0.1) is 5.56 Å². The molecule has 0 aliphatic heterocycles. The average molecular weight is 339 g/mol. The molecule has 0 aliphatic rings. The standard InChI is InChI=1S/C21H25NO3/c1-15-12-16(2)20(17(3)13-15)21(24)25-14-19(23)22-11-7-10-18-8-5-4-6-9-18/h4-6,8-9,12-13H,7,10-11,14H2,1-3H3,(H,22,23). The number of hydrogen-bond acceptors (Lipinski definition) is 3. The minimum Gasteiger partial charge on any atom is -0.452 e. The number of aryl methyl sites for hydroxylation is 4. The highest BCUT2D eigenvalue weighted by atomic mass is 16.5. The van der Waals surface area contributed by atoms with Crippen molar-refractivity contribution in [1.29, 1.82) is 0 Å². The third-order valence-electron chi connectivity index (χ3n) is 4.02. The molecule has 0 bridgehead atoms. The summed E-state index contributed by atoms with van der Waals surface area (Å²) in [5.74, 6) is -0.724. The van der Waals surface area contributed by atoms with Crippen molar-refractivity contribution in [3.63, 3.8) is 0 Å². The van der Waals surface area contributed by atoms with Crippen LogP contribution >= 0.6 is 0 Å². The number of ether oxygens (including phenoxy) is 1. The first-order valence-corrected chi connectivity index (χ1v) is 8.53. The largest absolute Gasteiger partial charge is 0.452 e. The first kappa shape index (κ1) is 18.7. The summed E-state index contributed by atoms with van der Waals surface area (Å²) in [6.45, 7) is 6.04. The van der Waals surface area contributed by atoms with Gasteiger partial charge in [-0.15, -0.1) is 0 Å². The van der Waals surface area contributed by atoms with Crippen LogP contribution in [0.1, 0.15) is 39.0 Å². The van der Waals surface area contributed by atoms with Crippen molar-refractivity contribution >= 4 is 11.9 Å². The van der Waals surface area contributed by atoms with Gasteiger partial charge < -0.3 is 10.1 Å². The van der Waals surface area contributed by atoms with Gasteiger partial charge in [0, 0.05) is 6.54 Å². The predicted molar refractivity (Wildman–Crippen MR) is 98.7 cm³/mol. The van der Waals surface area contributed by atoms with Crippen LogP contribution in [0.2, 0.25) is 0 Å². The van der Waals surface area contributed by atoms with Gasteiger partial charge in [0.2, 0.25) is 0 Å². The van der Waals surface area contributed by atoms with Crippen molar-refractivity contribution in [2.75, 3.05) is 13.2 Å². The Labute approximate surface area is 149 Å². The van der Waals surface area contributed by atoms with E-state index in [1.54, 1.807) is 0 Å². The summed E-state index contributed by atoms with van der Waals surface area (Å²) in [5.41, 5.74) is 4.62. The van der Waals surface area contributed by atoms with Gasteiger partial charge >= 0.3 is 5.97 Å². The van der Waals surface area contributed by atoms with Gasteiger partial charge in [-0.25, -0.2) is 4.79 Å². The molecule has 0 atom stereocenters. The van der Waals surface area contributed by atoms with E-state index in [2.05, 4.69) is 17.4 Å². The summed E-state index contributed by atoms with van der Waals surface area (Å²) >= 11 is 0. The zero-order valence-corrected chi connectivity index (χ0v) is 15.1. The van der Waals surface area contributed by atoms with Crippen molar-refractivity contribution in [3.8, 4) is 0 Å². The zero-order valence-electron chi connectivity index (χ0n) is 15.1. The number of carbonyl (C=O) groups excluding carboxylic acids is 2. The van der Waals surface area contributed by atoms with Crippen molar-refractivity contribution in [1.82, 2.24) is 5.32 Å². The second-order valence-corrected chi connectivity index (χ2v) is 6.29. The third-order valence-corrected chi connectivity index (χ3v) is 4.02. The van der Waals surface area contributed by atoms with E-state index in [1.165, 1.54) is 5.56 Å². The van der Waals surface area contributed by atoms with Crippen LogP contribution in [0.4, 0.5) is 0 Å². The van der Waals surface area contributed by atoms with Crippen LogP contribution in [0.15, 0.2) is 42.5 Å². The minimum absolute atomic E-state index is 0.253. The van der Waals surface area contributed by atoms with E-state index in [9.17, 15) is 9.59 Å². The first-order chi connectivity index (χ1) is 12.0. The van der Waals surface area contributed by atoms with Crippen LogP contribution in [-0.4, -0.2) is 25.0 Å². The maximum absolute atomic E-state index is 12.2. The molecule has 0 aliphatic carbocycles. The van der Waals surface area contributed by atoms with Crippen molar-refractivity contribution in [2.45, 2.75) is 33.6 Å². The molecule has 0 spiro atoms. The van der Waals surface area contributed by atoms with Crippen molar-refractivity contribution in [2.24, 2.45) is 0 Å². The topological polar surface area (TPSA) is 55.4 Å². The van der Waals surface area contributed by atoms with Crippen molar-refractivity contribution in [3.05, 3.63) is 70.3 Å². The maximum atomic E-state index is 12.2. The average Bonchev–Trinajstić information content (AvgIpc) is 2.57. The van der Waals surface area contributed by atoms with E-state index in [4.69, 9.17) is 4.74 Å². The van der Waals surface area contributed by atoms with E-state index in [1.807, 2.05) is 51.1 Å². The van der Waals surface area contributed by atoms with Gasteiger partial charge in [-0.1, -0.05) is 48.0 Å². The third kappa shape index (κ3) is 5.75. The predicted octanol–water partition coefficient (Wildman–Crippen LogP) is 3.52. The van der Waals surface area contributed by atoms with Gasteiger partial charge in [0.25, 0.3) is 5.91 Å². The van der Waals surface area contributed by atoms with Crippen molar-refractivity contribution < 1.29 is 14.3 Å². The van der Waals surface area contributed by atoms with E-state index in [-0.39, 0.29) is 12.5 Å². The molecule has 1 N–H and O–H groups in total. The first-order valence-electron chi connectivity index (χ1n) is 8.53. The van der Waals surface area contributed by atoms with E-state index < -0.39 is 5.97 Å². The fourth-order valence-electron chi connectivity index (χ4n) is 2.92. The molecule has 4 nitrogen and oxygen atoms in total. The van der Waals surface area contributed by atoms with E-state index >= 15 is 0 Å². The lowest BCUT2D eigenvalue weighted by Crippen LogP contribution is -2.30. The number of carbonyl (C=O) groups is 2. The van der Waals surface area contributed by atoms with Crippen LogP contribution in [0.3, 0.4) is 0 Å². The van der Waals surface area contributed by atoms with Gasteiger partial charge in [0.1, 0.15) is 0 Å². The fraction of sp³-hybridized carbons (Fsp3) is 0.333. The highest BCUT2D eigenvalue weighted by Gasteiger charge is 2.15. The van der Waals surface area contributed by atoms with Crippen LogP contribution < -0.4 is 5.32 Å². The fourth-order valence-corrected chi connectivity index (χ4v) is 2.92. The van der Waals surface area contributed by atoms with Crippen LogP contribution in [-0.2, 0) is 16.0 Å². The molecule has 132 valence electrons. The number of benzene rings is 2. The van der Waals surface area contributed by atoms with Gasteiger partial charge in [-0.05, 0) is 50.3 Å². The summed E-state index contributed by atoms with van der Waals surface area (Å²) in [4.78, 5) is 24.0. The Morgan fingerprint density at radius 2 is 1.64 bits per heavy atom. The Morgan fingerprint density at radius 3 is 2.28 bits per heavy atom. The van der Waals surface area contributed by atoms with Gasteiger partial charge in [0.15, 0.2) is 6.61 Å². The normalized spacial score (nSPS) is 10.4. The van der Waals surface area contributed by atoms with Crippen LogP contribution in [0, 0.1) is 20.8 Å². The molecule has 0 aromatic heterocycles. The van der Waals surface area contributed by atoms with E-state index in [0.717, 1.165) is 29.5 Å². The summed E-state index contributed by atoms with van der Waals surface area (Å²) in [6, 6.07) is 14.0. The number of esters is 1. The molecular formula is C21H25NO3. The molecular weight excluding hydrogens is 314 g/mol. The molecule has 2 rings (SSSR count). The molecule has 25 heavy (non-hydrogen) atoms. The lowest BCUT2D eigenvalue weighted by molar-refractivity contribution is -0.124. The summed E-state index contributed by atoms with van der Waals surface area (Å²) in [6.07, 6.45) is 1.75. The number of amides is 1. The smallest absolute Gasteiger partial charge is 0.339 e. The Bertz CT molecular complexity index is 715. The Morgan fingerprint density at radius 1 is 1.00 bits per heavy atom. The molecule has 2 aromatic carbocycles. The van der Waals surface area contributed by atoms with E-state index in [0.29, 0.717) is 12.1 Å². The highest BCUT2D eigenvalue weighted by Crippen LogP contribution is 2.17. The summed E-state index contributed by atoms with van der Waals surface area (Å²) < 4.78 is 5.16. The van der Waals surface area contributed by atoms with Crippen LogP contribution in [0.25, 0.3) is 0 Å². The lowest BCUT2D eigenvalue weighted by atomic mass is 10.00. The van der Waals surface area contributed by atoms with Gasteiger partial charge in [-0.3, -0.25) is 4.79 Å². The number of nitrogens with one attached hydrogen (secondary N) is 1. The maximum Gasteiger partial charge on any atom is 0.339 e. The lowest BCUT2D eigenvalue weighted by Gasteiger charge is -2.11. The number of hydrogen-bond donors (Lipinski definition) is 1. The Hall–Kier alpha value is -2.62. The zero-order chi connectivity index (χ0) is 18.2. The highest BCUT2D eigenvalue weighted by molar-refractivity contribution is 5.94. The Balaban J connectivity index is 1.74. The summed E-state index contributed by atoms with van der Waals surface area (Å²) in [7, 11) is 0. The molecule has 0 fully saturated rings. The Kier molecular flexibility index (Phi) is 6.75. The molecule has 0 saturated carbocycles. The second kappa shape index (κ2) is 9.02. The number of rotatable bonds is 7. The molecule has 4 heteroatoms. The van der Waals surface area contributed by atoms with Gasteiger partial charge in [-0.2, -0.15) is 0 Å². The minimum atomic E-state index is -0.450. The second-order valence-electron chi connectivity index (χ2n) is 6.29. The quantitative estimate of drug-likeness (QED) is 0.620. The molecule has 0 unspecified atom stereocenters. The molecule has 0 radical (unpaired) electrons. The monoisotopic (exact) mass is 339 g/mol. The molecule has 0 heterocycles. The summed E-state index contributed by atoms with van der Waals surface area (Å²) in [5, 5.41) is 2.78. The molecule has 1 amide bonds. The van der Waals surface area contributed by atoms with Crippen LogP contribution in [0.5, 0.6) is 0 Å².